The minimum Gasteiger partial charge on any atom is -0.385 e. The van der Waals surface area contributed by atoms with Gasteiger partial charge in [-0.15, -0.1) is 0 Å². The molecule has 1 fully saturated rings. The third kappa shape index (κ3) is 3.51. The number of piperidine rings is 1. The molecule has 5 nitrogen and oxygen atoms in total. The van der Waals surface area contributed by atoms with E-state index in [2.05, 4.69) is 15.2 Å². The third-order valence-corrected chi connectivity index (χ3v) is 3.45. The van der Waals surface area contributed by atoms with Crippen molar-refractivity contribution < 1.29 is 9.37 Å². The number of aromatic nitrogens is 2. The van der Waals surface area contributed by atoms with Crippen molar-refractivity contribution in [2.75, 3.05) is 26.8 Å². The molecule has 17 heavy (non-hydrogen) atoms. The minimum atomic E-state index is 0.754. The van der Waals surface area contributed by atoms with Crippen molar-refractivity contribution in [3.8, 4) is 0 Å². The lowest BCUT2D eigenvalue weighted by atomic mass is 9.95. The predicted molar refractivity (Wildman–Crippen MR) is 63.5 cm³/mol. The van der Waals surface area contributed by atoms with E-state index in [1.165, 1.54) is 12.8 Å². The van der Waals surface area contributed by atoms with Crippen molar-refractivity contribution in [2.45, 2.75) is 32.7 Å². The Balaban J connectivity index is 1.83. The number of hydrogen-bond donors (Lipinski definition) is 0. The molecule has 0 amide bonds. The Hall–Kier alpha value is -0.940. The van der Waals surface area contributed by atoms with Crippen molar-refractivity contribution in [3.05, 3.63) is 11.4 Å². The monoisotopic (exact) mass is 239 g/mol. The summed E-state index contributed by atoms with van der Waals surface area (Å²) in [6, 6.07) is 0. The fourth-order valence-electron chi connectivity index (χ4n) is 2.42. The van der Waals surface area contributed by atoms with Crippen LogP contribution < -0.4 is 0 Å². The number of rotatable bonds is 5. The molecule has 1 atom stereocenters. The van der Waals surface area contributed by atoms with Gasteiger partial charge in [-0.05, 0) is 38.6 Å². The smallest absolute Gasteiger partial charge is 0.122 e. The van der Waals surface area contributed by atoms with Crippen LogP contribution in [0.2, 0.25) is 0 Å². The first-order valence-electron chi connectivity index (χ1n) is 6.29. The molecule has 96 valence electrons. The Morgan fingerprint density at radius 3 is 3.06 bits per heavy atom. The lowest BCUT2D eigenvalue weighted by Gasteiger charge is -2.32. The Morgan fingerprint density at radius 1 is 1.47 bits per heavy atom. The second-order valence-electron chi connectivity index (χ2n) is 4.82. The summed E-state index contributed by atoms with van der Waals surface area (Å²) >= 11 is 0. The molecule has 0 spiro atoms. The zero-order chi connectivity index (χ0) is 12.1. The topological polar surface area (TPSA) is 51.4 Å². The zero-order valence-electron chi connectivity index (χ0n) is 10.7. The molecule has 1 aromatic heterocycles. The molecule has 1 aliphatic rings. The first kappa shape index (κ1) is 12.5. The van der Waals surface area contributed by atoms with Crippen molar-refractivity contribution in [3.63, 3.8) is 0 Å². The standard InChI is InChI=1S/C12H21N3O2/c1-10-12(14-17-13-10)9-15-6-3-4-11(8-15)5-7-16-2/h11H,3-9H2,1-2H3/t11-/m1/s1. The number of methoxy groups -OCH3 is 1. The molecule has 2 heterocycles. The van der Waals surface area contributed by atoms with E-state index in [0.29, 0.717) is 0 Å². The van der Waals surface area contributed by atoms with E-state index in [4.69, 9.17) is 9.37 Å². The molecule has 1 saturated heterocycles. The van der Waals surface area contributed by atoms with Crippen LogP contribution in [-0.2, 0) is 11.3 Å². The van der Waals surface area contributed by atoms with Crippen LogP contribution in [0.25, 0.3) is 0 Å². The highest BCUT2D eigenvalue weighted by molar-refractivity contribution is 5.04. The number of hydrogen-bond acceptors (Lipinski definition) is 5. The van der Waals surface area contributed by atoms with Crippen LogP contribution in [0, 0.1) is 12.8 Å². The first-order valence-corrected chi connectivity index (χ1v) is 6.29. The Bertz CT molecular complexity index is 340. The quantitative estimate of drug-likeness (QED) is 0.781. The zero-order valence-corrected chi connectivity index (χ0v) is 10.7. The van der Waals surface area contributed by atoms with Crippen molar-refractivity contribution in [2.24, 2.45) is 5.92 Å². The van der Waals surface area contributed by atoms with Crippen LogP contribution in [0.4, 0.5) is 0 Å². The molecule has 0 saturated carbocycles. The van der Waals surface area contributed by atoms with Gasteiger partial charge in [0.2, 0.25) is 0 Å². The van der Waals surface area contributed by atoms with E-state index in [1.54, 1.807) is 7.11 Å². The second kappa shape index (κ2) is 6.12. The lowest BCUT2D eigenvalue weighted by Crippen LogP contribution is -2.35. The lowest BCUT2D eigenvalue weighted by molar-refractivity contribution is 0.121. The molecule has 5 heteroatoms. The van der Waals surface area contributed by atoms with Gasteiger partial charge in [-0.1, -0.05) is 10.3 Å². The maximum atomic E-state index is 5.15. The average Bonchev–Trinajstić information content (AvgIpc) is 2.73. The summed E-state index contributed by atoms with van der Waals surface area (Å²) in [5.74, 6) is 0.754. The molecule has 0 N–H and O–H groups in total. The van der Waals surface area contributed by atoms with Gasteiger partial charge in [0.15, 0.2) is 0 Å². The molecule has 0 radical (unpaired) electrons. The molecular formula is C12H21N3O2. The average molecular weight is 239 g/mol. The Morgan fingerprint density at radius 2 is 2.35 bits per heavy atom. The Kier molecular flexibility index (Phi) is 4.50. The number of nitrogens with zero attached hydrogens (tertiary/aromatic N) is 3. The van der Waals surface area contributed by atoms with E-state index in [-0.39, 0.29) is 0 Å². The van der Waals surface area contributed by atoms with Crippen molar-refractivity contribution >= 4 is 0 Å². The van der Waals surface area contributed by atoms with Crippen LogP contribution in [0.1, 0.15) is 30.7 Å². The highest BCUT2D eigenvalue weighted by atomic mass is 16.6. The van der Waals surface area contributed by atoms with E-state index in [1.807, 2.05) is 6.92 Å². The van der Waals surface area contributed by atoms with Gasteiger partial charge in [0.25, 0.3) is 0 Å². The first-order chi connectivity index (χ1) is 8.29. The second-order valence-corrected chi connectivity index (χ2v) is 4.82. The maximum Gasteiger partial charge on any atom is 0.122 e. The summed E-state index contributed by atoms with van der Waals surface area (Å²) in [5, 5.41) is 7.76. The molecule has 0 bridgehead atoms. The largest absolute Gasteiger partial charge is 0.385 e. The van der Waals surface area contributed by atoms with E-state index in [9.17, 15) is 0 Å². The predicted octanol–water partition coefficient (Wildman–Crippen LogP) is 1.63. The van der Waals surface area contributed by atoms with E-state index < -0.39 is 0 Å². The number of ether oxygens (including phenoxy) is 1. The highest BCUT2D eigenvalue weighted by Crippen LogP contribution is 2.21. The van der Waals surface area contributed by atoms with E-state index in [0.717, 1.165) is 50.0 Å². The van der Waals surface area contributed by atoms with Gasteiger partial charge in [0.05, 0.1) is 0 Å². The molecule has 0 unspecified atom stereocenters. The highest BCUT2D eigenvalue weighted by Gasteiger charge is 2.21. The van der Waals surface area contributed by atoms with Crippen LogP contribution >= 0.6 is 0 Å². The van der Waals surface area contributed by atoms with Crippen molar-refractivity contribution in [1.29, 1.82) is 0 Å². The summed E-state index contributed by atoms with van der Waals surface area (Å²) in [4.78, 5) is 2.44. The molecule has 0 aromatic carbocycles. The number of likely N-dealkylation sites (tertiary alicyclic amines) is 1. The van der Waals surface area contributed by atoms with Gasteiger partial charge in [-0.3, -0.25) is 4.90 Å². The molecule has 1 aliphatic heterocycles. The summed E-state index contributed by atoms with van der Waals surface area (Å²) in [7, 11) is 1.77. The van der Waals surface area contributed by atoms with Crippen LogP contribution in [0.15, 0.2) is 4.63 Å². The van der Waals surface area contributed by atoms with E-state index >= 15 is 0 Å². The third-order valence-electron chi connectivity index (χ3n) is 3.45. The van der Waals surface area contributed by atoms with Crippen molar-refractivity contribution in [1.82, 2.24) is 15.2 Å². The summed E-state index contributed by atoms with van der Waals surface area (Å²) in [6.45, 7) is 5.95. The van der Waals surface area contributed by atoms with Gasteiger partial charge in [-0.25, -0.2) is 4.63 Å². The van der Waals surface area contributed by atoms with Crippen LogP contribution in [0.5, 0.6) is 0 Å². The maximum absolute atomic E-state index is 5.15. The number of aryl methyl sites for hydroxylation is 1. The molecular weight excluding hydrogens is 218 g/mol. The van der Waals surface area contributed by atoms with Gasteiger partial charge in [0, 0.05) is 26.8 Å². The molecule has 1 aromatic rings. The summed E-state index contributed by atoms with van der Waals surface area (Å²) in [5.41, 5.74) is 1.88. The normalized spacial score (nSPS) is 21.9. The summed E-state index contributed by atoms with van der Waals surface area (Å²) < 4.78 is 9.88. The minimum absolute atomic E-state index is 0.754. The van der Waals surface area contributed by atoms with Gasteiger partial charge >= 0.3 is 0 Å². The SMILES string of the molecule is COCC[C@H]1CCCN(Cc2nonc2C)C1. The molecule has 2 rings (SSSR count). The fraction of sp³-hybridized carbons (Fsp3) is 0.833. The Labute approximate surface area is 102 Å². The molecule has 0 aliphatic carbocycles. The van der Waals surface area contributed by atoms with Gasteiger partial charge < -0.3 is 4.74 Å². The van der Waals surface area contributed by atoms with Gasteiger partial charge in [-0.2, -0.15) is 0 Å². The van der Waals surface area contributed by atoms with Crippen LogP contribution in [-0.4, -0.2) is 42.0 Å². The van der Waals surface area contributed by atoms with Gasteiger partial charge in [0.1, 0.15) is 11.4 Å². The fourth-order valence-corrected chi connectivity index (χ4v) is 2.42. The summed E-state index contributed by atoms with van der Waals surface area (Å²) in [6.07, 6.45) is 3.73. The van der Waals surface area contributed by atoms with Crippen LogP contribution in [0.3, 0.4) is 0 Å².